The number of rotatable bonds is 3. The molecule has 12 heteroatoms. The van der Waals surface area contributed by atoms with Crippen LogP contribution in [0.4, 0.5) is 10.6 Å². The third kappa shape index (κ3) is 6.64. The quantitative estimate of drug-likeness (QED) is 0.513. The van der Waals surface area contributed by atoms with Crippen LogP contribution < -0.4 is 10.7 Å². The first-order valence-electron chi connectivity index (χ1n) is 10.6. The highest BCUT2D eigenvalue weighted by Gasteiger charge is 2.36. The summed E-state index contributed by atoms with van der Waals surface area (Å²) in [5.41, 5.74) is 1.65. The zero-order valence-corrected chi connectivity index (χ0v) is 19.8. The first-order chi connectivity index (χ1) is 15.5. The maximum atomic E-state index is 13.0. The molecule has 0 radical (unpaired) electrons. The Morgan fingerprint density at radius 3 is 2.55 bits per heavy atom. The Kier molecular flexibility index (Phi) is 7.52. The fraction of sp³-hybridized carbons (Fsp3) is 0.524. The van der Waals surface area contributed by atoms with Gasteiger partial charge in [0, 0.05) is 19.2 Å². The Labute approximate surface area is 196 Å². The monoisotopic (exact) mass is 477 g/mol. The molecule has 1 aliphatic rings. The fourth-order valence-electron chi connectivity index (χ4n) is 3.69. The van der Waals surface area contributed by atoms with Gasteiger partial charge in [0.2, 0.25) is 0 Å². The third-order valence-electron chi connectivity index (χ3n) is 5.11. The van der Waals surface area contributed by atoms with Gasteiger partial charge >= 0.3 is 17.9 Å². The number of pyridine rings is 1. The molecule has 1 aliphatic carbocycles. The molecule has 11 nitrogen and oxygen atoms in total. The third-order valence-corrected chi connectivity index (χ3v) is 5.33. The van der Waals surface area contributed by atoms with Crippen LogP contribution in [-0.2, 0) is 21.4 Å². The van der Waals surface area contributed by atoms with E-state index in [1.807, 2.05) is 7.05 Å². The number of aromatic nitrogens is 4. The average molecular weight is 478 g/mol. The van der Waals surface area contributed by atoms with Crippen LogP contribution in [0.3, 0.4) is 0 Å². The Balaban J connectivity index is 1.75. The lowest BCUT2D eigenvalue weighted by Crippen LogP contribution is -2.56. The second kappa shape index (κ2) is 10.2. The molecule has 2 atom stereocenters. The van der Waals surface area contributed by atoms with Gasteiger partial charge in [-0.15, -0.1) is 0 Å². The molecular weight excluding hydrogens is 450 g/mol. The molecule has 0 aromatic carbocycles. The van der Waals surface area contributed by atoms with Crippen molar-refractivity contribution in [1.29, 1.82) is 0 Å². The maximum absolute atomic E-state index is 13.0. The van der Waals surface area contributed by atoms with E-state index in [2.05, 4.69) is 25.8 Å². The van der Waals surface area contributed by atoms with Crippen LogP contribution in [0.25, 0.3) is 0 Å². The van der Waals surface area contributed by atoms with E-state index in [-0.39, 0.29) is 17.8 Å². The predicted molar refractivity (Wildman–Crippen MR) is 120 cm³/mol. The zero-order chi connectivity index (χ0) is 24.2. The van der Waals surface area contributed by atoms with Gasteiger partial charge in [0.1, 0.15) is 23.6 Å². The molecule has 0 saturated heterocycles. The van der Waals surface area contributed by atoms with E-state index in [0.29, 0.717) is 17.9 Å². The first-order valence-corrected chi connectivity index (χ1v) is 11.0. The Hall–Kier alpha value is -3.21. The second-order valence-electron chi connectivity index (χ2n) is 8.87. The highest BCUT2D eigenvalue weighted by atomic mass is 35.5. The number of amides is 3. The summed E-state index contributed by atoms with van der Waals surface area (Å²) in [4.78, 5) is 46.3. The van der Waals surface area contributed by atoms with E-state index >= 15 is 0 Å². The van der Waals surface area contributed by atoms with Crippen molar-refractivity contribution < 1.29 is 19.1 Å². The van der Waals surface area contributed by atoms with E-state index < -0.39 is 23.5 Å². The van der Waals surface area contributed by atoms with Crippen molar-refractivity contribution in [3.63, 3.8) is 0 Å². The molecule has 1 unspecified atom stereocenters. The molecule has 0 aliphatic heterocycles. The summed E-state index contributed by atoms with van der Waals surface area (Å²) in [5.74, 6) is -0.979. The molecule has 2 aromatic heterocycles. The van der Waals surface area contributed by atoms with Gasteiger partial charge in [-0.25, -0.2) is 19.8 Å². The topological polar surface area (TPSA) is 131 Å². The van der Waals surface area contributed by atoms with Crippen LogP contribution in [0.15, 0.2) is 24.7 Å². The number of hydrazine groups is 1. The van der Waals surface area contributed by atoms with Gasteiger partial charge in [-0.05, 0) is 52.2 Å². The molecule has 33 heavy (non-hydrogen) atoms. The number of carbonyl (C=O) groups is 3. The van der Waals surface area contributed by atoms with Gasteiger partial charge in [0.25, 0.3) is 0 Å². The SMILES string of the molecule is Cn1ncnc1[C@H]1CCCC(N(NC(=O)C(=O)Nc2ccc(Cl)cn2)C(=O)OC(C)(C)C)C1. The van der Waals surface area contributed by atoms with Crippen LogP contribution in [0, 0.1) is 0 Å². The normalized spacial score (nSPS) is 18.3. The van der Waals surface area contributed by atoms with E-state index in [1.165, 1.54) is 24.7 Å². The van der Waals surface area contributed by atoms with Crippen molar-refractivity contribution in [2.75, 3.05) is 5.32 Å². The highest BCUT2D eigenvalue weighted by molar-refractivity contribution is 6.39. The lowest BCUT2D eigenvalue weighted by atomic mass is 9.85. The minimum atomic E-state index is -1.02. The molecule has 2 heterocycles. The minimum Gasteiger partial charge on any atom is -0.442 e. The summed E-state index contributed by atoms with van der Waals surface area (Å²) in [6.45, 7) is 5.19. The Morgan fingerprint density at radius 2 is 1.94 bits per heavy atom. The van der Waals surface area contributed by atoms with Gasteiger partial charge in [0.15, 0.2) is 0 Å². The second-order valence-corrected chi connectivity index (χ2v) is 9.30. The molecule has 3 amide bonds. The average Bonchev–Trinajstić information content (AvgIpc) is 3.18. The number of halogens is 1. The molecule has 1 saturated carbocycles. The number of anilines is 1. The van der Waals surface area contributed by atoms with E-state index in [0.717, 1.165) is 23.7 Å². The van der Waals surface area contributed by atoms with Crippen LogP contribution in [-0.4, -0.2) is 54.3 Å². The number of hydrogen-bond donors (Lipinski definition) is 2. The molecule has 1 fully saturated rings. The fourth-order valence-corrected chi connectivity index (χ4v) is 3.80. The summed E-state index contributed by atoms with van der Waals surface area (Å²) in [7, 11) is 1.81. The van der Waals surface area contributed by atoms with Gasteiger partial charge in [0.05, 0.1) is 11.1 Å². The largest absolute Gasteiger partial charge is 0.442 e. The smallest absolute Gasteiger partial charge is 0.429 e. The standard InChI is InChI=1S/C21H28ClN7O4/c1-21(2,3)33-20(32)29(15-7-5-6-13(10-15)17-24-12-25-28(17)4)27-19(31)18(30)26-16-9-8-14(22)11-23-16/h8-9,11-13,15H,5-7,10H2,1-4H3,(H,27,31)(H,23,26,30)/t13-,15?/m0/s1. The number of aryl methyl sites for hydroxylation is 1. The van der Waals surface area contributed by atoms with Crippen LogP contribution in [0.5, 0.6) is 0 Å². The predicted octanol–water partition coefficient (Wildman–Crippen LogP) is 2.80. The van der Waals surface area contributed by atoms with Crippen LogP contribution in [0.2, 0.25) is 5.02 Å². The van der Waals surface area contributed by atoms with Crippen molar-refractivity contribution in [3.8, 4) is 0 Å². The molecule has 3 rings (SSSR count). The molecule has 2 N–H and O–H groups in total. The van der Waals surface area contributed by atoms with Crippen molar-refractivity contribution in [3.05, 3.63) is 35.5 Å². The summed E-state index contributed by atoms with van der Waals surface area (Å²) >= 11 is 5.79. The maximum Gasteiger partial charge on any atom is 0.429 e. The Bertz CT molecular complexity index is 1000. The van der Waals surface area contributed by atoms with Gasteiger partial charge in [-0.3, -0.25) is 19.7 Å². The summed E-state index contributed by atoms with van der Waals surface area (Å²) in [6, 6.07) is 2.61. The summed E-state index contributed by atoms with van der Waals surface area (Å²) in [5, 5.41) is 8.02. The van der Waals surface area contributed by atoms with E-state index in [9.17, 15) is 14.4 Å². The van der Waals surface area contributed by atoms with E-state index in [4.69, 9.17) is 16.3 Å². The Morgan fingerprint density at radius 1 is 1.18 bits per heavy atom. The molecule has 0 spiro atoms. The number of carbonyl (C=O) groups excluding carboxylic acids is 3. The molecule has 0 bridgehead atoms. The van der Waals surface area contributed by atoms with Crippen LogP contribution in [0.1, 0.15) is 58.2 Å². The number of hydrogen-bond acceptors (Lipinski definition) is 7. The van der Waals surface area contributed by atoms with Crippen molar-refractivity contribution in [1.82, 2.24) is 30.2 Å². The highest BCUT2D eigenvalue weighted by Crippen LogP contribution is 2.34. The summed E-state index contributed by atoms with van der Waals surface area (Å²) in [6.07, 6.45) is 4.94. The van der Waals surface area contributed by atoms with Crippen molar-refractivity contribution in [2.24, 2.45) is 7.05 Å². The van der Waals surface area contributed by atoms with Crippen molar-refractivity contribution in [2.45, 2.75) is 64.0 Å². The number of nitrogens with one attached hydrogen (secondary N) is 2. The molecule has 178 valence electrons. The zero-order valence-electron chi connectivity index (χ0n) is 19.0. The molecule has 2 aromatic rings. The number of nitrogens with zero attached hydrogens (tertiary/aromatic N) is 5. The molecular formula is C21H28ClN7O4. The lowest BCUT2D eigenvalue weighted by Gasteiger charge is -2.37. The van der Waals surface area contributed by atoms with Gasteiger partial charge in [-0.1, -0.05) is 18.0 Å². The van der Waals surface area contributed by atoms with Gasteiger partial charge in [-0.2, -0.15) is 5.10 Å². The van der Waals surface area contributed by atoms with Crippen LogP contribution >= 0.6 is 11.6 Å². The summed E-state index contributed by atoms with van der Waals surface area (Å²) < 4.78 is 7.20. The van der Waals surface area contributed by atoms with Crippen molar-refractivity contribution >= 4 is 35.3 Å². The van der Waals surface area contributed by atoms with E-state index in [1.54, 1.807) is 25.5 Å². The first kappa shape index (κ1) is 24.4. The number of ether oxygens (including phenoxy) is 1. The lowest BCUT2D eigenvalue weighted by molar-refractivity contribution is -0.140. The minimum absolute atomic E-state index is 0.0465. The van der Waals surface area contributed by atoms with Gasteiger partial charge < -0.3 is 10.1 Å².